The standard InChI is InChI=1S/C23H19FN6OS/c24-19-8-14(3-4-16(19)11-25)18-10-20(23(31)29-6-1-2-17(26)12-29)32-22(18)15-5-7-30-21(9-15)27-13-28-30/h3-5,7-10,13,17H,1-2,6,12,26H2. The molecule has 1 aliphatic heterocycles. The number of fused-ring (bicyclic) bond motifs is 1. The van der Waals surface area contributed by atoms with Gasteiger partial charge in [0, 0.05) is 35.8 Å². The molecule has 1 saturated heterocycles. The van der Waals surface area contributed by atoms with Crippen LogP contribution in [0.1, 0.15) is 28.1 Å². The van der Waals surface area contributed by atoms with E-state index in [0.29, 0.717) is 29.2 Å². The summed E-state index contributed by atoms with van der Waals surface area (Å²) in [4.78, 5) is 20.7. The van der Waals surface area contributed by atoms with E-state index in [0.717, 1.165) is 28.8 Å². The van der Waals surface area contributed by atoms with Crippen LogP contribution in [-0.2, 0) is 0 Å². The van der Waals surface area contributed by atoms with Gasteiger partial charge in [0.05, 0.1) is 10.4 Å². The molecule has 0 radical (unpaired) electrons. The molecule has 0 saturated carbocycles. The maximum absolute atomic E-state index is 14.4. The van der Waals surface area contributed by atoms with Gasteiger partial charge in [0.1, 0.15) is 18.2 Å². The van der Waals surface area contributed by atoms with Crippen molar-refractivity contribution >= 4 is 22.9 Å². The van der Waals surface area contributed by atoms with E-state index in [2.05, 4.69) is 10.1 Å². The molecule has 0 spiro atoms. The monoisotopic (exact) mass is 446 g/mol. The first kappa shape index (κ1) is 20.3. The lowest BCUT2D eigenvalue weighted by molar-refractivity contribution is 0.0714. The van der Waals surface area contributed by atoms with Crippen molar-refractivity contribution in [2.75, 3.05) is 13.1 Å². The topological polar surface area (TPSA) is 100 Å². The van der Waals surface area contributed by atoms with Crippen molar-refractivity contribution in [3.8, 4) is 27.6 Å². The molecule has 4 aromatic rings. The molecule has 3 aromatic heterocycles. The minimum Gasteiger partial charge on any atom is -0.336 e. The predicted octanol–water partition coefficient (Wildman–Crippen LogP) is 3.70. The van der Waals surface area contributed by atoms with E-state index in [9.17, 15) is 9.18 Å². The number of nitriles is 1. The number of aromatic nitrogens is 3. The Bertz CT molecular complexity index is 1370. The Kier molecular flexibility index (Phi) is 5.17. The average molecular weight is 447 g/mol. The molecule has 9 heteroatoms. The number of nitrogens with two attached hydrogens (primary N) is 1. The molecule has 1 amide bonds. The summed E-state index contributed by atoms with van der Waals surface area (Å²) in [6.45, 7) is 1.20. The number of nitrogens with zero attached hydrogens (tertiary/aromatic N) is 5. The largest absolute Gasteiger partial charge is 0.336 e. The number of pyridine rings is 1. The van der Waals surface area contributed by atoms with Crippen LogP contribution in [0.5, 0.6) is 0 Å². The van der Waals surface area contributed by atoms with Gasteiger partial charge in [-0.05, 0) is 54.3 Å². The minimum atomic E-state index is -0.593. The quantitative estimate of drug-likeness (QED) is 0.517. The Labute approximate surface area is 187 Å². The number of piperidine rings is 1. The lowest BCUT2D eigenvalue weighted by atomic mass is 10.0. The molecule has 1 aliphatic rings. The van der Waals surface area contributed by atoms with Crippen molar-refractivity contribution in [1.29, 1.82) is 5.26 Å². The molecule has 0 bridgehead atoms. The van der Waals surface area contributed by atoms with Gasteiger partial charge < -0.3 is 10.6 Å². The molecule has 4 heterocycles. The molecule has 1 fully saturated rings. The molecule has 0 aliphatic carbocycles. The van der Waals surface area contributed by atoms with Gasteiger partial charge in [-0.15, -0.1) is 11.3 Å². The molecule has 1 unspecified atom stereocenters. The number of likely N-dealkylation sites (tertiary alicyclic amines) is 1. The fourth-order valence-electron chi connectivity index (χ4n) is 4.01. The lowest BCUT2D eigenvalue weighted by Crippen LogP contribution is -2.45. The molecular formula is C23H19FN6OS. The summed E-state index contributed by atoms with van der Waals surface area (Å²) < 4.78 is 16.1. The number of amides is 1. The van der Waals surface area contributed by atoms with E-state index in [1.54, 1.807) is 27.7 Å². The van der Waals surface area contributed by atoms with E-state index < -0.39 is 5.82 Å². The number of carbonyl (C=O) groups excluding carboxylic acids is 1. The zero-order valence-electron chi connectivity index (χ0n) is 17.0. The van der Waals surface area contributed by atoms with E-state index in [1.807, 2.05) is 18.2 Å². The Morgan fingerprint density at radius 2 is 2.12 bits per heavy atom. The molecule has 160 valence electrons. The van der Waals surface area contributed by atoms with Crippen molar-refractivity contribution in [2.45, 2.75) is 18.9 Å². The molecule has 32 heavy (non-hydrogen) atoms. The van der Waals surface area contributed by atoms with Crippen molar-refractivity contribution < 1.29 is 9.18 Å². The second-order valence-electron chi connectivity index (χ2n) is 7.79. The van der Waals surface area contributed by atoms with Gasteiger partial charge in [-0.1, -0.05) is 6.07 Å². The molecule has 5 rings (SSSR count). The van der Waals surface area contributed by atoms with Gasteiger partial charge >= 0.3 is 0 Å². The van der Waals surface area contributed by atoms with Crippen LogP contribution in [0.4, 0.5) is 4.39 Å². The van der Waals surface area contributed by atoms with Gasteiger partial charge in [0.25, 0.3) is 5.91 Å². The summed E-state index contributed by atoms with van der Waals surface area (Å²) in [7, 11) is 0. The third kappa shape index (κ3) is 3.64. The fourth-order valence-corrected chi connectivity index (χ4v) is 5.15. The third-order valence-corrected chi connectivity index (χ3v) is 6.80. The number of halogens is 1. The van der Waals surface area contributed by atoms with Crippen LogP contribution >= 0.6 is 11.3 Å². The lowest BCUT2D eigenvalue weighted by Gasteiger charge is -2.30. The van der Waals surface area contributed by atoms with Crippen molar-refractivity contribution in [1.82, 2.24) is 19.5 Å². The number of hydrogen-bond acceptors (Lipinski definition) is 6. The number of carbonyl (C=O) groups is 1. The maximum atomic E-state index is 14.4. The van der Waals surface area contributed by atoms with Crippen molar-refractivity contribution in [2.24, 2.45) is 5.73 Å². The Hall–Kier alpha value is -3.61. The van der Waals surface area contributed by atoms with Crippen LogP contribution in [0.3, 0.4) is 0 Å². The summed E-state index contributed by atoms with van der Waals surface area (Å²) in [6, 6.07) is 11.9. The van der Waals surface area contributed by atoms with Crippen LogP contribution < -0.4 is 5.73 Å². The van der Waals surface area contributed by atoms with Crippen LogP contribution in [-0.4, -0.2) is 44.5 Å². The second-order valence-corrected chi connectivity index (χ2v) is 8.84. The third-order valence-electron chi connectivity index (χ3n) is 5.63. The second kappa shape index (κ2) is 8.15. The van der Waals surface area contributed by atoms with Gasteiger partial charge in [0.2, 0.25) is 0 Å². The van der Waals surface area contributed by atoms with Crippen LogP contribution in [0.2, 0.25) is 0 Å². The predicted molar refractivity (Wildman–Crippen MR) is 120 cm³/mol. The Balaban J connectivity index is 1.62. The first-order valence-corrected chi connectivity index (χ1v) is 11.0. The van der Waals surface area contributed by atoms with Crippen molar-refractivity contribution in [3.05, 3.63) is 65.2 Å². The van der Waals surface area contributed by atoms with Gasteiger partial charge in [-0.3, -0.25) is 4.79 Å². The first-order valence-electron chi connectivity index (χ1n) is 10.2. The maximum Gasteiger partial charge on any atom is 0.264 e. The Morgan fingerprint density at radius 3 is 2.91 bits per heavy atom. The van der Waals surface area contributed by atoms with Crippen molar-refractivity contribution in [3.63, 3.8) is 0 Å². The summed E-state index contributed by atoms with van der Waals surface area (Å²) in [5.74, 6) is -0.666. The van der Waals surface area contributed by atoms with E-state index in [-0.39, 0.29) is 17.5 Å². The van der Waals surface area contributed by atoms with Crippen LogP contribution in [0.25, 0.3) is 27.2 Å². The zero-order valence-corrected chi connectivity index (χ0v) is 17.8. The highest BCUT2D eigenvalue weighted by Crippen LogP contribution is 2.40. The molecule has 7 nitrogen and oxygen atoms in total. The number of rotatable bonds is 3. The summed E-state index contributed by atoms with van der Waals surface area (Å²) >= 11 is 1.36. The molecular weight excluding hydrogens is 427 g/mol. The summed E-state index contributed by atoms with van der Waals surface area (Å²) in [5, 5.41) is 13.2. The fraction of sp³-hybridized carbons (Fsp3) is 0.217. The summed E-state index contributed by atoms with van der Waals surface area (Å²) in [5.41, 5.74) is 8.90. The summed E-state index contributed by atoms with van der Waals surface area (Å²) in [6.07, 6.45) is 5.06. The zero-order chi connectivity index (χ0) is 22.2. The number of benzene rings is 1. The number of hydrogen-bond donors (Lipinski definition) is 1. The highest BCUT2D eigenvalue weighted by Gasteiger charge is 2.26. The Morgan fingerprint density at radius 1 is 1.25 bits per heavy atom. The minimum absolute atomic E-state index is 0.0189. The SMILES string of the molecule is N#Cc1ccc(-c2cc(C(=O)N3CCCC(N)C3)sc2-c2ccn3ncnc3c2)cc1F. The van der Waals surface area contributed by atoms with Crippen LogP contribution in [0.15, 0.2) is 48.9 Å². The molecule has 1 aromatic carbocycles. The average Bonchev–Trinajstić information content (AvgIpc) is 3.45. The van der Waals surface area contributed by atoms with E-state index in [4.69, 9.17) is 11.0 Å². The van der Waals surface area contributed by atoms with Gasteiger partial charge in [-0.2, -0.15) is 10.4 Å². The molecule has 2 N–H and O–H groups in total. The highest BCUT2D eigenvalue weighted by atomic mass is 32.1. The van der Waals surface area contributed by atoms with Gasteiger partial charge in [0.15, 0.2) is 5.65 Å². The molecule has 1 atom stereocenters. The normalized spacial score (nSPS) is 16.3. The first-order chi connectivity index (χ1) is 15.5. The van der Waals surface area contributed by atoms with E-state index >= 15 is 0 Å². The highest BCUT2D eigenvalue weighted by molar-refractivity contribution is 7.18. The van der Waals surface area contributed by atoms with Gasteiger partial charge in [-0.25, -0.2) is 13.9 Å². The smallest absolute Gasteiger partial charge is 0.264 e. The van der Waals surface area contributed by atoms with Crippen LogP contribution in [0, 0.1) is 17.1 Å². The van der Waals surface area contributed by atoms with E-state index in [1.165, 1.54) is 29.8 Å². The number of thiophene rings is 1.